The van der Waals surface area contributed by atoms with Crippen molar-refractivity contribution in [3.05, 3.63) is 24.0 Å². The lowest BCUT2D eigenvalue weighted by Crippen LogP contribution is -2.13. The van der Waals surface area contributed by atoms with Gasteiger partial charge in [0, 0.05) is 17.8 Å². The molecule has 0 saturated heterocycles. The first-order chi connectivity index (χ1) is 6.13. The molecule has 0 aliphatic rings. The van der Waals surface area contributed by atoms with Crippen molar-refractivity contribution >= 4 is 5.69 Å². The average Bonchev–Trinajstić information content (AvgIpc) is 2.11. The third-order valence-electron chi connectivity index (χ3n) is 1.97. The van der Waals surface area contributed by atoms with E-state index in [0.717, 1.165) is 6.42 Å². The summed E-state index contributed by atoms with van der Waals surface area (Å²) < 4.78 is 12.8. The van der Waals surface area contributed by atoms with E-state index in [4.69, 9.17) is 5.11 Å². The minimum Gasteiger partial charge on any atom is -0.505 e. The molecule has 0 aromatic heterocycles. The zero-order valence-corrected chi connectivity index (χ0v) is 7.84. The van der Waals surface area contributed by atoms with Crippen LogP contribution in [0.4, 0.5) is 10.1 Å². The Labute approximate surface area is 77.4 Å². The quantitative estimate of drug-likeness (QED) is 0.706. The number of anilines is 1. The Morgan fingerprint density at radius 3 is 2.77 bits per heavy atom. The lowest BCUT2D eigenvalue weighted by molar-refractivity contribution is 0.432. The number of halogens is 1. The molecular weight excluding hydrogens is 169 g/mol. The molecule has 2 nitrogen and oxygen atoms in total. The summed E-state index contributed by atoms with van der Waals surface area (Å²) in [5, 5.41) is 12.0. The third-order valence-corrected chi connectivity index (χ3v) is 1.97. The first-order valence-corrected chi connectivity index (χ1v) is 4.38. The van der Waals surface area contributed by atoms with Gasteiger partial charge in [-0.25, -0.2) is 4.39 Å². The number of aromatic hydroxyl groups is 1. The summed E-state index contributed by atoms with van der Waals surface area (Å²) in [4.78, 5) is 0. The maximum Gasteiger partial charge on any atom is 0.166 e. The number of nitrogens with one attached hydrogen (secondary N) is 1. The maximum atomic E-state index is 12.8. The summed E-state index contributed by atoms with van der Waals surface area (Å²) in [6, 6.07) is 4.61. The summed E-state index contributed by atoms with van der Waals surface area (Å²) in [6.45, 7) is 4.07. The molecule has 13 heavy (non-hydrogen) atoms. The second-order valence-electron chi connectivity index (χ2n) is 3.12. The molecule has 0 amide bonds. The molecule has 1 aromatic rings. The smallest absolute Gasteiger partial charge is 0.166 e. The maximum absolute atomic E-state index is 12.8. The van der Waals surface area contributed by atoms with Crippen molar-refractivity contribution in [2.24, 2.45) is 0 Å². The molecule has 0 heterocycles. The monoisotopic (exact) mass is 183 g/mol. The van der Waals surface area contributed by atoms with Gasteiger partial charge in [0.2, 0.25) is 0 Å². The molecule has 2 N–H and O–H groups in total. The molecule has 0 bridgehead atoms. The molecule has 72 valence electrons. The van der Waals surface area contributed by atoms with Crippen molar-refractivity contribution in [1.82, 2.24) is 0 Å². The van der Waals surface area contributed by atoms with E-state index in [1.54, 1.807) is 6.07 Å². The topological polar surface area (TPSA) is 32.3 Å². The van der Waals surface area contributed by atoms with Crippen LogP contribution in [0.5, 0.6) is 5.75 Å². The SMILES string of the molecule is CCC(C)Nc1ccc(O)c(F)c1. The van der Waals surface area contributed by atoms with Gasteiger partial charge in [-0.2, -0.15) is 0 Å². The van der Waals surface area contributed by atoms with Crippen molar-refractivity contribution in [1.29, 1.82) is 0 Å². The van der Waals surface area contributed by atoms with E-state index >= 15 is 0 Å². The Bertz CT molecular complexity index is 288. The highest BCUT2D eigenvalue weighted by atomic mass is 19.1. The van der Waals surface area contributed by atoms with Gasteiger partial charge in [0.15, 0.2) is 11.6 Å². The van der Waals surface area contributed by atoms with Crippen molar-refractivity contribution < 1.29 is 9.50 Å². The van der Waals surface area contributed by atoms with E-state index in [1.165, 1.54) is 12.1 Å². The van der Waals surface area contributed by atoms with Crippen LogP contribution in [0.2, 0.25) is 0 Å². The van der Waals surface area contributed by atoms with Crippen molar-refractivity contribution in [3.8, 4) is 5.75 Å². The lowest BCUT2D eigenvalue weighted by Gasteiger charge is -2.12. The van der Waals surface area contributed by atoms with Crippen LogP contribution in [0, 0.1) is 5.82 Å². The molecule has 0 saturated carbocycles. The molecular formula is C10H14FNO. The number of hydrogen-bond acceptors (Lipinski definition) is 2. The molecule has 0 fully saturated rings. The molecule has 0 aliphatic heterocycles. The second-order valence-corrected chi connectivity index (χ2v) is 3.12. The molecule has 1 aromatic carbocycles. The summed E-state index contributed by atoms with van der Waals surface area (Å²) in [7, 11) is 0. The highest BCUT2D eigenvalue weighted by molar-refractivity contribution is 5.47. The number of phenols is 1. The van der Waals surface area contributed by atoms with Crippen LogP contribution < -0.4 is 5.32 Å². The van der Waals surface area contributed by atoms with Gasteiger partial charge < -0.3 is 10.4 Å². The molecule has 0 radical (unpaired) electrons. The molecule has 1 atom stereocenters. The molecule has 0 aliphatic carbocycles. The minimum absolute atomic E-state index is 0.309. The van der Waals surface area contributed by atoms with Gasteiger partial charge in [-0.3, -0.25) is 0 Å². The van der Waals surface area contributed by atoms with Gasteiger partial charge in [-0.05, 0) is 25.5 Å². The number of phenolic OH excluding ortho intramolecular Hbond substituents is 1. The first-order valence-electron chi connectivity index (χ1n) is 4.38. The number of benzene rings is 1. The third kappa shape index (κ3) is 2.61. The van der Waals surface area contributed by atoms with Gasteiger partial charge >= 0.3 is 0 Å². The van der Waals surface area contributed by atoms with Crippen LogP contribution in [0.25, 0.3) is 0 Å². The van der Waals surface area contributed by atoms with E-state index in [-0.39, 0.29) is 5.75 Å². The van der Waals surface area contributed by atoms with Crippen molar-refractivity contribution in [2.45, 2.75) is 26.3 Å². The highest BCUT2D eigenvalue weighted by Crippen LogP contribution is 2.20. The van der Waals surface area contributed by atoms with E-state index in [9.17, 15) is 4.39 Å². The predicted molar refractivity (Wildman–Crippen MR) is 51.4 cm³/mol. The Hall–Kier alpha value is -1.25. The molecule has 0 spiro atoms. The molecule has 1 rings (SSSR count). The number of rotatable bonds is 3. The van der Waals surface area contributed by atoms with Crippen LogP contribution in [0.15, 0.2) is 18.2 Å². The summed E-state index contributed by atoms with van der Waals surface area (Å²) in [5.74, 6) is -0.900. The van der Waals surface area contributed by atoms with E-state index in [0.29, 0.717) is 11.7 Å². The Morgan fingerprint density at radius 2 is 2.23 bits per heavy atom. The number of hydrogen-bond donors (Lipinski definition) is 2. The largest absolute Gasteiger partial charge is 0.505 e. The van der Waals surface area contributed by atoms with Crippen LogP contribution in [-0.2, 0) is 0 Å². The van der Waals surface area contributed by atoms with Crippen molar-refractivity contribution in [2.75, 3.05) is 5.32 Å². The van der Waals surface area contributed by atoms with Crippen LogP contribution in [0.1, 0.15) is 20.3 Å². The summed E-state index contributed by atoms with van der Waals surface area (Å²) in [5.41, 5.74) is 0.699. The van der Waals surface area contributed by atoms with Crippen LogP contribution in [0.3, 0.4) is 0 Å². The lowest BCUT2D eigenvalue weighted by atomic mass is 10.2. The zero-order chi connectivity index (χ0) is 9.84. The zero-order valence-electron chi connectivity index (χ0n) is 7.84. The van der Waals surface area contributed by atoms with Gasteiger partial charge in [0.05, 0.1) is 0 Å². The fourth-order valence-corrected chi connectivity index (χ4v) is 0.983. The van der Waals surface area contributed by atoms with Crippen molar-refractivity contribution in [3.63, 3.8) is 0 Å². The van der Waals surface area contributed by atoms with Gasteiger partial charge in [0.1, 0.15) is 0 Å². The first kappa shape index (κ1) is 9.84. The second kappa shape index (κ2) is 4.12. The van der Waals surface area contributed by atoms with E-state index in [2.05, 4.69) is 12.2 Å². The van der Waals surface area contributed by atoms with Crippen LogP contribution in [-0.4, -0.2) is 11.1 Å². The average molecular weight is 183 g/mol. The normalized spacial score (nSPS) is 12.5. The van der Waals surface area contributed by atoms with Gasteiger partial charge in [-0.1, -0.05) is 6.92 Å². The highest BCUT2D eigenvalue weighted by Gasteiger charge is 2.03. The summed E-state index contributed by atoms with van der Waals surface area (Å²) in [6.07, 6.45) is 0.975. The fourth-order valence-electron chi connectivity index (χ4n) is 0.983. The predicted octanol–water partition coefficient (Wildman–Crippen LogP) is 2.74. The van der Waals surface area contributed by atoms with Crippen LogP contribution >= 0.6 is 0 Å². The molecule has 1 unspecified atom stereocenters. The minimum atomic E-state index is -0.590. The molecule has 3 heteroatoms. The summed E-state index contributed by atoms with van der Waals surface area (Å²) >= 11 is 0. The van der Waals surface area contributed by atoms with E-state index in [1.807, 2.05) is 6.92 Å². The van der Waals surface area contributed by atoms with E-state index < -0.39 is 5.82 Å². The standard InChI is InChI=1S/C10H14FNO/c1-3-7(2)12-8-4-5-10(13)9(11)6-8/h4-7,12-13H,3H2,1-2H3. The Kier molecular flexibility index (Phi) is 3.12. The Balaban J connectivity index is 2.73. The van der Waals surface area contributed by atoms with Gasteiger partial charge in [-0.15, -0.1) is 0 Å². The fraction of sp³-hybridized carbons (Fsp3) is 0.400. The Morgan fingerprint density at radius 1 is 1.54 bits per heavy atom. The van der Waals surface area contributed by atoms with Gasteiger partial charge in [0.25, 0.3) is 0 Å².